The lowest BCUT2D eigenvalue weighted by Gasteiger charge is -2.41. The van der Waals surface area contributed by atoms with Crippen LogP contribution in [0.3, 0.4) is 0 Å². The number of piperazine rings is 1. The molecule has 0 bridgehead atoms. The number of hydrogen-bond donors (Lipinski definition) is 1. The number of nitrogens with two attached hydrogens (primary N) is 1. The van der Waals surface area contributed by atoms with E-state index in [1.807, 2.05) is 29.2 Å². The molecule has 0 radical (unpaired) electrons. The van der Waals surface area contributed by atoms with Gasteiger partial charge in [0.2, 0.25) is 11.8 Å². The first-order chi connectivity index (χ1) is 10.0. The Labute approximate surface area is 124 Å². The molecule has 0 aromatic heterocycles. The third-order valence-corrected chi connectivity index (χ3v) is 3.79. The third-order valence-electron chi connectivity index (χ3n) is 3.79. The smallest absolute Gasteiger partial charge is 0.231 e. The number of para-hydroxylation sites is 1. The Kier molecular flexibility index (Phi) is 4.80. The zero-order valence-corrected chi connectivity index (χ0v) is 12.4. The van der Waals surface area contributed by atoms with E-state index in [4.69, 9.17) is 10.5 Å². The van der Waals surface area contributed by atoms with E-state index in [-0.39, 0.29) is 24.4 Å². The van der Waals surface area contributed by atoms with E-state index >= 15 is 0 Å². The van der Waals surface area contributed by atoms with Gasteiger partial charge in [-0.25, -0.2) is 0 Å². The first-order valence-corrected chi connectivity index (χ1v) is 6.93. The van der Waals surface area contributed by atoms with Gasteiger partial charge in [-0.15, -0.1) is 0 Å². The fraction of sp³-hybridized carbons (Fsp3) is 0.467. The summed E-state index contributed by atoms with van der Waals surface area (Å²) in [5.41, 5.74) is 6.30. The van der Waals surface area contributed by atoms with Gasteiger partial charge in [-0.3, -0.25) is 14.5 Å². The Morgan fingerprint density at radius 3 is 2.67 bits per heavy atom. The Bertz CT molecular complexity index is 533. The van der Waals surface area contributed by atoms with Crippen molar-refractivity contribution in [1.82, 2.24) is 9.80 Å². The molecule has 1 fully saturated rings. The normalized spacial score (nSPS) is 19.3. The Balaban J connectivity index is 2.31. The van der Waals surface area contributed by atoms with Crippen molar-refractivity contribution in [2.24, 2.45) is 5.73 Å². The van der Waals surface area contributed by atoms with Crippen LogP contribution < -0.4 is 10.5 Å². The van der Waals surface area contributed by atoms with Crippen LogP contribution in [0, 0.1) is 0 Å². The maximum Gasteiger partial charge on any atom is 0.231 e. The van der Waals surface area contributed by atoms with E-state index in [1.165, 1.54) is 0 Å². The number of benzene rings is 1. The number of carbonyl (C=O) groups is 2. The van der Waals surface area contributed by atoms with Gasteiger partial charge in [0.1, 0.15) is 5.75 Å². The summed E-state index contributed by atoms with van der Waals surface area (Å²) >= 11 is 0. The standard InChI is InChI=1S/C15H21N3O3/c1-11(19)17-7-8-18(10-15(16)20)13(9-17)12-5-3-4-6-14(12)21-2/h3-6,13H,7-10H2,1-2H3,(H2,16,20)/t13-/m0/s1. The van der Waals surface area contributed by atoms with Crippen molar-refractivity contribution < 1.29 is 14.3 Å². The molecule has 2 amide bonds. The fourth-order valence-electron chi connectivity index (χ4n) is 2.73. The molecule has 2 N–H and O–H groups in total. The minimum Gasteiger partial charge on any atom is -0.496 e. The fourth-order valence-corrected chi connectivity index (χ4v) is 2.73. The summed E-state index contributed by atoms with van der Waals surface area (Å²) in [6.45, 7) is 3.49. The highest BCUT2D eigenvalue weighted by Crippen LogP contribution is 2.31. The lowest BCUT2D eigenvalue weighted by Crippen LogP contribution is -2.51. The summed E-state index contributed by atoms with van der Waals surface area (Å²) in [7, 11) is 1.61. The van der Waals surface area contributed by atoms with Crippen molar-refractivity contribution in [3.05, 3.63) is 29.8 Å². The van der Waals surface area contributed by atoms with Crippen LogP contribution >= 0.6 is 0 Å². The molecule has 21 heavy (non-hydrogen) atoms. The maximum atomic E-state index is 11.6. The van der Waals surface area contributed by atoms with Crippen LogP contribution in [0.1, 0.15) is 18.5 Å². The molecule has 1 heterocycles. The number of ether oxygens (including phenoxy) is 1. The number of amides is 2. The minimum absolute atomic E-state index is 0.0358. The molecule has 6 heteroatoms. The molecule has 1 aliphatic heterocycles. The largest absolute Gasteiger partial charge is 0.496 e. The lowest BCUT2D eigenvalue weighted by molar-refractivity contribution is -0.132. The molecule has 1 aromatic rings. The van der Waals surface area contributed by atoms with E-state index in [0.29, 0.717) is 19.6 Å². The molecule has 1 aromatic carbocycles. The van der Waals surface area contributed by atoms with Crippen molar-refractivity contribution in [3.8, 4) is 5.75 Å². The summed E-state index contributed by atoms with van der Waals surface area (Å²) in [4.78, 5) is 26.7. The van der Waals surface area contributed by atoms with Crippen molar-refractivity contribution in [2.75, 3.05) is 33.3 Å². The molecule has 0 saturated carbocycles. The van der Waals surface area contributed by atoms with Crippen molar-refractivity contribution in [3.63, 3.8) is 0 Å². The predicted octanol–water partition coefficient (Wildman–Crippen LogP) is 0.386. The predicted molar refractivity (Wildman–Crippen MR) is 78.8 cm³/mol. The van der Waals surface area contributed by atoms with E-state index in [9.17, 15) is 9.59 Å². The molecule has 1 saturated heterocycles. The molecule has 1 atom stereocenters. The van der Waals surface area contributed by atoms with Gasteiger partial charge in [0.15, 0.2) is 0 Å². The number of nitrogens with zero attached hydrogens (tertiary/aromatic N) is 2. The average Bonchev–Trinajstić information content (AvgIpc) is 2.46. The van der Waals surface area contributed by atoms with Crippen molar-refractivity contribution >= 4 is 11.8 Å². The van der Waals surface area contributed by atoms with Crippen molar-refractivity contribution in [2.45, 2.75) is 13.0 Å². The van der Waals surface area contributed by atoms with Gasteiger partial charge in [0.05, 0.1) is 19.7 Å². The summed E-state index contributed by atoms with van der Waals surface area (Å²) < 4.78 is 5.40. The molecular formula is C15H21N3O3. The summed E-state index contributed by atoms with van der Waals surface area (Å²) in [5.74, 6) is 0.419. The summed E-state index contributed by atoms with van der Waals surface area (Å²) in [6, 6.07) is 7.57. The Morgan fingerprint density at radius 2 is 2.05 bits per heavy atom. The van der Waals surface area contributed by atoms with Crippen LogP contribution in [-0.4, -0.2) is 54.9 Å². The monoisotopic (exact) mass is 291 g/mol. The average molecular weight is 291 g/mol. The Morgan fingerprint density at radius 1 is 1.33 bits per heavy atom. The van der Waals surface area contributed by atoms with Gasteiger partial charge in [-0.1, -0.05) is 18.2 Å². The van der Waals surface area contributed by atoms with Gasteiger partial charge in [-0.05, 0) is 6.07 Å². The third kappa shape index (κ3) is 3.52. The van der Waals surface area contributed by atoms with Gasteiger partial charge < -0.3 is 15.4 Å². The summed E-state index contributed by atoms with van der Waals surface area (Å²) in [5, 5.41) is 0. The highest BCUT2D eigenvalue weighted by Gasteiger charge is 2.31. The second-order valence-electron chi connectivity index (χ2n) is 5.16. The van der Waals surface area contributed by atoms with Gasteiger partial charge in [0.25, 0.3) is 0 Å². The molecule has 6 nitrogen and oxygen atoms in total. The van der Waals surface area contributed by atoms with Crippen LogP contribution in [0.5, 0.6) is 5.75 Å². The molecule has 0 aliphatic carbocycles. The highest BCUT2D eigenvalue weighted by atomic mass is 16.5. The SMILES string of the molecule is COc1ccccc1[C@@H]1CN(C(C)=O)CCN1CC(N)=O. The first kappa shape index (κ1) is 15.3. The molecule has 0 spiro atoms. The number of primary amides is 1. The second kappa shape index (κ2) is 6.58. The number of methoxy groups -OCH3 is 1. The second-order valence-corrected chi connectivity index (χ2v) is 5.16. The van der Waals surface area contributed by atoms with Gasteiger partial charge in [-0.2, -0.15) is 0 Å². The lowest BCUT2D eigenvalue weighted by atomic mass is 10.0. The Hall–Kier alpha value is -2.08. The quantitative estimate of drug-likeness (QED) is 0.870. The van der Waals surface area contributed by atoms with Crippen LogP contribution in [0.4, 0.5) is 0 Å². The first-order valence-electron chi connectivity index (χ1n) is 6.93. The molecular weight excluding hydrogens is 270 g/mol. The van der Waals surface area contributed by atoms with Crippen LogP contribution in [0.2, 0.25) is 0 Å². The number of rotatable bonds is 4. The zero-order valence-electron chi connectivity index (χ0n) is 12.4. The van der Waals surface area contributed by atoms with Crippen LogP contribution in [0.15, 0.2) is 24.3 Å². The summed E-state index contributed by atoms with van der Waals surface area (Å²) in [6.07, 6.45) is 0. The minimum atomic E-state index is -0.369. The van der Waals surface area contributed by atoms with E-state index in [0.717, 1.165) is 11.3 Å². The van der Waals surface area contributed by atoms with Gasteiger partial charge in [0, 0.05) is 32.1 Å². The number of hydrogen-bond acceptors (Lipinski definition) is 4. The molecule has 2 rings (SSSR count). The molecule has 114 valence electrons. The van der Waals surface area contributed by atoms with E-state index in [1.54, 1.807) is 18.9 Å². The van der Waals surface area contributed by atoms with Crippen LogP contribution in [0.25, 0.3) is 0 Å². The molecule has 0 unspecified atom stereocenters. The van der Waals surface area contributed by atoms with Crippen molar-refractivity contribution in [1.29, 1.82) is 0 Å². The van der Waals surface area contributed by atoms with Gasteiger partial charge >= 0.3 is 0 Å². The van der Waals surface area contributed by atoms with Crippen LogP contribution in [-0.2, 0) is 9.59 Å². The van der Waals surface area contributed by atoms with E-state index < -0.39 is 0 Å². The number of carbonyl (C=O) groups excluding carboxylic acids is 2. The van der Waals surface area contributed by atoms with E-state index in [2.05, 4.69) is 0 Å². The zero-order chi connectivity index (χ0) is 15.4. The molecule has 1 aliphatic rings. The topological polar surface area (TPSA) is 75.9 Å². The highest BCUT2D eigenvalue weighted by molar-refractivity contribution is 5.76. The maximum absolute atomic E-state index is 11.6.